The van der Waals surface area contributed by atoms with Gasteiger partial charge in [0.1, 0.15) is 6.17 Å². The van der Waals surface area contributed by atoms with E-state index in [4.69, 9.17) is 11.6 Å². The van der Waals surface area contributed by atoms with Crippen molar-refractivity contribution >= 4 is 11.6 Å². The molecule has 2 aromatic rings. The summed E-state index contributed by atoms with van der Waals surface area (Å²) in [5, 5.41) is 19.6. The monoisotopic (exact) mass is 434 g/mol. The van der Waals surface area contributed by atoms with Crippen molar-refractivity contribution in [3.05, 3.63) is 71.8 Å². The summed E-state index contributed by atoms with van der Waals surface area (Å²) in [5.41, 5.74) is 2.05. The van der Waals surface area contributed by atoms with Gasteiger partial charge in [-0.3, -0.25) is 9.80 Å². The van der Waals surface area contributed by atoms with Crippen molar-refractivity contribution < 1.29 is 14.6 Å². The number of halogens is 2. The number of alkyl halides is 2. The van der Waals surface area contributed by atoms with E-state index in [-0.39, 0.29) is 18.0 Å². The number of aliphatic hydroxyl groups excluding tert-OH is 2. The van der Waals surface area contributed by atoms with Gasteiger partial charge in [-0.05, 0) is 30.5 Å². The molecule has 2 saturated heterocycles. The van der Waals surface area contributed by atoms with Gasteiger partial charge >= 0.3 is 0 Å². The van der Waals surface area contributed by atoms with Crippen molar-refractivity contribution in [3.63, 3.8) is 0 Å². The largest absolute Gasteiger partial charge is 0.394 e. The quantitative estimate of drug-likeness (QED) is 0.679. The highest BCUT2D eigenvalue weighted by atomic mass is 35.5. The molecular formula is C24H32ClFN2O2. The number of nitrogens with zero attached hydrogens (tertiary/aromatic N) is 2. The molecule has 2 fully saturated rings. The zero-order valence-electron chi connectivity index (χ0n) is 17.3. The Morgan fingerprint density at radius 1 is 0.933 bits per heavy atom. The summed E-state index contributed by atoms with van der Waals surface area (Å²) in [6.45, 7) is 3.81. The molecule has 2 aliphatic rings. The Morgan fingerprint density at radius 2 is 1.57 bits per heavy atom. The number of β-amino-alcohol motifs (C(OH)–C–C–N with tert-alkyl or cyclic N) is 1. The van der Waals surface area contributed by atoms with Crippen LogP contribution < -0.4 is 0 Å². The second kappa shape index (κ2) is 11.8. The molecule has 0 bridgehead atoms. The zero-order chi connectivity index (χ0) is 21.3. The van der Waals surface area contributed by atoms with Crippen molar-refractivity contribution in [1.29, 1.82) is 0 Å². The van der Waals surface area contributed by atoms with Crippen LogP contribution in [-0.4, -0.2) is 70.9 Å². The van der Waals surface area contributed by atoms with Crippen LogP contribution in [0.5, 0.6) is 0 Å². The molecule has 2 heterocycles. The number of rotatable bonds is 6. The minimum Gasteiger partial charge on any atom is -0.394 e. The highest BCUT2D eigenvalue weighted by Gasteiger charge is 2.28. The molecule has 30 heavy (non-hydrogen) atoms. The highest BCUT2D eigenvalue weighted by molar-refractivity contribution is 6.20. The van der Waals surface area contributed by atoms with Crippen LogP contribution in [0.25, 0.3) is 0 Å². The number of hydrogen-bond donors (Lipinski definition) is 2. The SMILES string of the molecule is OC[C@H](c1ccccc1)N1CC[C@H](F)C1.O[C@H](CN1CC[C@H](Cl)C1)c1ccccc1. The molecule has 0 spiro atoms. The smallest absolute Gasteiger partial charge is 0.114 e. The molecule has 6 heteroatoms. The maximum Gasteiger partial charge on any atom is 0.114 e. The molecule has 4 rings (SSSR count). The Hall–Kier alpha value is -1.50. The van der Waals surface area contributed by atoms with Gasteiger partial charge in [0.25, 0.3) is 0 Å². The highest BCUT2D eigenvalue weighted by Crippen LogP contribution is 2.25. The second-order valence-corrected chi connectivity index (χ2v) is 8.68. The van der Waals surface area contributed by atoms with E-state index in [1.54, 1.807) is 0 Å². The van der Waals surface area contributed by atoms with Crippen LogP contribution >= 0.6 is 11.6 Å². The fraction of sp³-hybridized carbons (Fsp3) is 0.500. The lowest BCUT2D eigenvalue weighted by molar-refractivity contribution is 0.126. The Balaban J connectivity index is 0.000000171. The van der Waals surface area contributed by atoms with Crippen LogP contribution in [0.15, 0.2) is 60.7 Å². The van der Waals surface area contributed by atoms with Gasteiger partial charge in [-0.1, -0.05) is 60.7 Å². The normalized spacial score (nSPS) is 24.3. The summed E-state index contributed by atoms with van der Waals surface area (Å²) in [5.74, 6) is 0. The minimum absolute atomic E-state index is 0.0491. The van der Waals surface area contributed by atoms with E-state index >= 15 is 0 Å². The zero-order valence-corrected chi connectivity index (χ0v) is 18.0. The Labute approximate surface area is 183 Å². The van der Waals surface area contributed by atoms with E-state index in [0.717, 1.165) is 37.2 Å². The summed E-state index contributed by atoms with van der Waals surface area (Å²) in [6.07, 6.45) is 0.489. The fourth-order valence-corrected chi connectivity index (χ4v) is 4.40. The summed E-state index contributed by atoms with van der Waals surface area (Å²) >= 11 is 6.01. The lowest BCUT2D eigenvalue weighted by Gasteiger charge is -2.25. The van der Waals surface area contributed by atoms with Gasteiger partial charge in [0, 0.05) is 31.6 Å². The molecule has 2 aromatic carbocycles. The maximum atomic E-state index is 13.1. The van der Waals surface area contributed by atoms with Gasteiger partial charge in [0.2, 0.25) is 0 Å². The standard InChI is InChI=1S/C12H16ClNO.C12H16FNO/c13-11-6-7-14(8-11)9-12(15)10-4-2-1-3-5-10;13-11-6-7-14(8-11)12(9-15)10-4-2-1-3-5-10/h2*1-5,11-12,15H,6-9H2/t2*11-,12+/m00/s1. The molecule has 4 atom stereocenters. The van der Waals surface area contributed by atoms with Crippen LogP contribution in [0.4, 0.5) is 4.39 Å². The van der Waals surface area contributed by atoms with E-state index in [0.29, 0.717) is 19.5 Å². The Kier molecular flexibility index (Phi) is 9.09. The Morgan fingerprint density at radius 3 is 2.07 bits per heavy atom. The van der Waals surface area contributed by atoms with Crippen molar-refractivity contribution in [2.75, 3.05) is 39.3 Å². The van der Waals surface area contributed by atoms with Crippen molar-refractivity contribution in [1.82, 2.24) is 9.80 Å². The molecule has 4 nitrogen and oxygen atoms in total. The average Bonchev–Trinajstić information content (AvgIpc) is 3.38. The van der Waals surface area contributed by atoms with Gasteiger partial charge in [-0.25, -0.2) is 4.39 Å². The number of hydrogen-bond acceptors (Lipinski definition) is 4. The van der Waals surface area contributed by atoms with Crippen molar-refractivity contribution in [2.45, 2.75) is 36.5 Å². The van der Waals surface area contributed by atoms with E-state index in [1.165, 1.54) is 0 Å². The summed E-state index contributed by atoms with van der Waals surface area (Å²) in [7, 11) is 0. The maximum absolute atomic E-state index is 13.1. The van der Waals surface area contributed by atoms with Gasteiger partial charge < -0.3 is 10.2 Å². The van der Waals surface area contributed by atoms with E-state index < -0.39 is 12.3 Å². The number of aliphatic hydroxyl groups is 2. The Bertz CT molecular complexity index is 737. The number of benzene rings is 2. The molecule has 0 saturated carbocycles. The van der Waals surface area contributed by atoms with E-state index in [1.807, 2.05) is 65.6 Å². The lowest BCUT2D eigenvalue weighted by atomic mass is 10.1. The van der Waals surface area contributed by atoms with Crippen molar-refractivity contribution in [2.24, 2.45) is 0 Å². The summed E-state index contributed by atoms with van der Waals surface area (Å²) in [4.78, 5) is 4.23. The topological polar surface area (TPSA) is 46.9 Å². The first kappa shape index (κ1) is 23.2. The van der Waals surface area contributed by atoms with Gasteiger partial charge in [-0.2, -0.15) is 0 Å². The third-order valence-corrected chi connectivity index (χ3v) is 6.15. The van der Waals surface area contributed by atoms with Crippen LogP contribution in [0.2, 0.25) is 0 Å². The third-order valence-electron chi connectivity index (χ3n) is 5.79. The molecule has 0 unspecified atom stereocenters. The van der Waals surface area contributed by atoms with Crippen LogP contribution in [-0.2, 0) is 0 Å². The predicted octanol–water partition coefficient (Wildman–Crippen LogP) is 3.80. The second-order valence-electron chi connectivity index (χ2n) is 8.06. The molecule has 0 aromatic heterocycles. The van der Waals surface area contributed by atoms with Gasteiger partial charge in [-0.15, -0.1) is 11.6 Å². The first-order valence-corrected chi connectivity index (χ1v) is 11.1. The first-order valence-electron chi connectivity index (χ1n) is 10.7. The van der Waals surface area contributed by atoms with Crippen LogP contribution in [0.1, 0.15) is 36.1 Å². The first-order chi connectivity index (χ1) is 14.6. The van der Waals surface area contributed by atoms with Crippen LogP contribution in [0, 0.1) is 0 Å². The average molecular weight is 435 g/mol. The molecule has 0 radical (unpaired) electrons. The van der Waals surface area contributed by atoms with Gasteiger partial charge in [0.15, 0.2) is 0 Å². The molecule has 2 N–H and O–H groups in total. The molecule has 2 aliphatic heterocycles. The minimum atomic E-state index is -0.734. The fourth-order valence-electron chi connectivity index (χ4n) is 4.11. The predicted molar refractivity (Wildman–Crippen MR) is 119 cm³/mol. The molecule has 0 amide bonds. The molecule has 164 valence electrons. The van der Waals surface area contributed by atoms with E-state index in [9.17, 15) is 14.6 Å². The van der Waals surface area contributed by atoms with Crippen molar-refractivity contribution in [3.8, 4) is 0 Å². The number of likely N-dealkylation sites (tertiary alicyclic amines) is 2. The van der Waals surface area contributed by atoms with Gasteiger partial charge in [0.05, 0.1) is 18.8 Å². The summed E-state index contributed by atoms with van der Waals surface area (Å²) in [6, 6.07) is 19.5. The lowest BCUT2D eigenvalue weighted by Crippen LogP contribution is -2.29. The molecule has 0 aliphatic carbocycles. The van der Waals surface area contributed by atoms with Crippen LogP contribution in [0.3, 0.4) is 0 Å². The third kappa shape index (κ3) is 6.76. The molecular weight excluding hydrogens is 403 g/mol. The summed E-state index contributed by atoms with van der Waals surface area (Å²) < 4.78 is 13.1. The van der Waals surface area contributed by atoms with E-state index in [2.05, 4.69) is 4.90 Å².